The zero-order valence-electron chi connectivity index (χ0n) is 18.5. The smallest absolute Gasteiger partial charge is 0.354 e. The van der Waals surface area contributed by atoms with E-state index in [1.807, 2.05) is 33.8 Å². The summed E-state index contributed by atoms with van der Waals surface area (Å²) in [5.74, 6) is -1.57. The van der Waals surface area contributed by atoms with E-state index in [0.29, 0.717) is 24.4 Å². The summed E-state index contributed by atoms with van der Waals surface area (Å²) in [4.78, 5) is 41.1. The van der Waals surface area contributed by atoms with Crippen molar-refractivity contribution in [3.05, 3.63) is 58.1 Å². The number of nitrogens with one attached hydrogen (secondary N) is 2. The van der Waals surface area contributed by atoms with E-state index in [1.165, 1.54) is 11.1 Å². The second-order valence-electron chi connectivity index (χ2n) is 8.96. The average molecular weight is 438 g/mol. The van der Waals surface area contributed by atoms with Gasteiger partial charge >= 0.3 is 11.9 Å². The Balaban J connectivity index is 1.56. The van der Waals surface area contributed by atoms with E-state index in [2.05, 4.69) is 15.7 Å². The summed E-state index contributed by atoms with van der Waals surface area (Å²) in [5.41, 5.74) is 5.78. The highest BCUT2D eigenvalue weighted by Gasteiger charge is 2.33. The molecule has 0 unspecified atom stereocenters. The molecule has 1 atom stereocenters. The van der Waals surface area contributed by atoms with Crippen LogP contribution in [-0.4, -0.2) is 45.8 Å². The minimum absolute atomic E-state index is 0.177. The van der Waals surface area contributed by atoms with E-state index in [1.54, 1.807) is 12.1 Å². The van der Waals surface area contributed by atoms with Gasteiger partial charge in [-0.2, -0.15) is 0 Å². The molecule has 9 heteroatoms. The highest BCUT2D eigenvalue weighted by atomic mass is 16.6. The Morgan fingerprint density at radius 1 is 1.28 bits per heavy atom. The molecule has 0 radical (unpaired) electrons. The first-order valence-corrected chi connectivity index (χ1v) is 10.5. The normalized spacial score (nSPS) is 19.4. The summed E-state index contributed by atoms with van der Waals surface area (Å²) >= 11 is 0. The second kappa shape index (κ2) is 7.90. The minimum atomic E-state index is -1.20. The molecule has 0 fully saturated rings. The number of hydrogen-bond donors (Lipinski definition) is 3. The molecule has 3 aliphatic rings. The maximum atomic E-state index is 13.1. The lowest BCUT2D eigenvalue weighted by Gasteiger charge is -2.26. The number of aliphatic carboxylic acids is 1. The average Bonchev–Trinajstić information content (AvgIpc) is 3.33. The fourth-order valence-corrected chi connectivity index (χ4v) is 4.15. The number of amides is 1. The minimum Gasteiger partial charge on any atom is -0.477 e. The van der Waals surface area contributed by atoms with Crippen molar-refractivity contribution in [3.8, 4) is 0 Å². The molecule has 1 aromatic carbocycles. The number of hydrogen-bond acceptors (Lipinski definition) is 7. The van der Waals surface area contributed by atoms with Crippen molar-refractivity contribution in [2.75, 3.05) is 6.54 Å². The molecule has 32 heavy (non-hydrogen) atoms. The van der Waals surface area contributed by atoms with Crippen LogP contribution >= 0.6 is 0 Å². The van der Waals surface area contributed by atoms with Gasteiger partial charge in [0, 0.05) is 12.6 Å². The molecule has 0 saturated heterocycles. The molecule has 3 N–H and O–H groups in total. The first kappa shape index (κ1) is 21.8. The van der Waals surface area contributed by atoms with Crippen molar-refractivity contribution in [1.82, 2.24) is 15.8 Å². The summed E-state index contributed by atoms with van der Waals surface area (Å²) in [5, 5.41) is 13.8. The van der Waals surface area contributed by atoms with Crippen LogP contribution in [0.3, 0.4) is 0 Å². The zero-order valence-corrected chi connectivity index (χ0v) is 18.5. The van der Waals surface area contributed by atoms with Crippen LogP contribution in [0.1, 0.15) is 60.3 Å². The number of carbonyl (C=O) groups excluding carboxylic acids is 2. The van der Waals surface area contributed by atoms with Crippen LogP contribution in [-0.2, 0) is 20.7 Å². The summed E-state index contributed by atoms with van der Waals surface area (Å²) in [7, 11) is 0. The number of fused-ring (bicyclic) bond motifs is 2. The molecular formula is C23H26N4O5. The molecule has 4 rings (SSSR count). The van der Waals surface area contributed by atoms with Crippen LogP contribution in [0.25, 0.3) is 0 Å². The Hall–Kier alpha value is -3.46. The number of nitrogens with zero attached hydrogens (tertiary/aromatic N) is 2. The first-order valence-electron chi connectivity index (χ1n) is 10.5. The van der Waals surface area contributed by atoms with Crippen LogP contribution in [0.2, 0.25) is 0 Å². The molecule has 1 aliphatic carbocycles. The first-order chi connectivity index (χ1) is 15.0. The van der Waals surface area contributed by atoms with E-state index in [9.17, 15) is 19.5 Å². The van der Waals surface area contributed by atoms with Crippen LogP contribution in [0.5, 0.6) is 0 Å². The van der Waals surface area contributed by atoms with E-state index in [0.717, 1.165) is 23.1 Å². The number of ether oxygens (including phenoxy) is 1. The Morgan fingerprint density at radius 2 is 2.03 bits per heavy atom. The third-order valence-corrected chi connectivity index (χ3v) is 5.58. The van der Waals surface area contributed by atoms with Gasteiger partial charge < -0.3 is 15.2 Å². The predicted molar refractivity (Wildman–Crippen MR) is 117 cm³/mol. The van der Waals surface area contributed by atoms with Crippen LogP contribution in [0, 0.1) is 6.92 Å². The Kier molecular flexibility index (Phi) is 5.37. The molecule has 1 amide bonds. The third kappa shape index (κ3) is 4.03. The quantitative estimate of drug-likeness (QED) is 0.616. The third-order valence-electron chi connectivity index (χ3n) is 5.58. The number of carbonyl (C=O) groups is 3. The zero-order chi connectivity index (χ0) is 23.2. The summed E-state index contributed by atoms with van der Waals surface area (Å²) in [6.45, 7) is 7.84. The number of carboxylic acids is 1. The maximum Gasteiger partial charge on any atom is 0.354 e. The van der Waals surface area contributed by atoms with E-state index < -0.39 is 17.5 Å². The Bertz CT molecular complexity index is 1110. The number of carboxylic acid groups (broad SMARTS) is 1. The molecule has 0 aromatic heterocycles. The lowest BCUT2D eigenvalue weighted by molar-refractivity contribution is -0.129. The van der Waals surface area contributed by atoms with Gasteiger partial charge in [0.25, 0.3) is 5.91 Å². The molecule has 0 saturated carbocycles. The van der Waals surface area contributed by atoms with Crippen molar-refractivity contribution in [2.45, 2.75) is 52.2 Å². The molecule has 1 aromatic rings. The molecule has 168 valence electrons. The fraction of sp³-hybridized carbons (Fsp3) is 0.391. The van der Waals surface area contributed by atoms with Crippen molar-refractivity contribution >= 4 is 23.6 Å². The largest absolute Gasteiger partial charge is 0.477 e. The number of benzene rings is 1. The Morgan fingerprint density at radius 3 is 2.72 bits per heavy atom. The topological polar surface area (TPSA) is 120 Å². The number of hydrazine groups is 1. The highest BCUT2D eigenvalue weighted by molar-refractivity contribution is 6.41. The van der Waals surface area contributed by atoms with Crippen molar-refractivity contribution in [1.29, 1.82) is 0 Å². The molecule has 2 aliphatic heterocycles. The van der Waals surface area contributed by atoms with Crippen molar-refractivity contribution in [2.24, 2.45) is 4.99 Å². The van der Waals surface area contributed by atoms with Crippen molar-refractivity contribution < 1.29 is 24.2 Å². The molecule has 0 spiro atoms. The number of aliphatic imine (C=N–C) groups is 1. The monoisotopic (exact) mass is 438 g/mol. The van der Waals surface area contributed by atoms with Gasteiger partial charge in [-0.3, -0.25) is 9.80 Å². The van der Waals surface area contributed by atoms with Gasteiger partial charge in [-0.1, -0.05) is 6.07 Å². The van der Waals surface area contributed by atoms with Crippen LogP contribution in [0.15, 0.2) is 40.8 Å². The summed E-state index contributed by atoms with van der Waals surface area (Å²) in [6.07, 6.45) is 4.38. The summed E-state index contributed by atoms with van der Waals surface area (Å²) < 4.78 is 5.51. The van der Waals surface area contributed by atoms with E-state index in [4.69, 9.17) is 4.74 Å². The Labute approximate surface area is 185 Å². The predicted octanol–water partition coefficient (Wildman–Crippen LogP) is 2.14. The van der Waals surface area contributed by atoms with Crippen LogP contribution in [0.4, 0.5) is 0 Å². The molecule has 0 bridgehead atoms. The highest BCUT2D eigenvalue weighted by Crippen LogP contribution is 2.35. The van der Waals surface area contributed by atoms with E-state index in [-0.39, 0.29) is 23.4 Å². The van der Waals surface area contributed by atoms with Gasteiger partial charge in [0.1, 0.15) is 17.1 Å². The van der Waals surface area contributed by atoms with Gasteiger partial charge in [0.05, 0.1) is 11.6 Å². The van der Waals surface area contributed by atoms with Gasteiger partial charge in [0.2, 0.25) is 0 Å². The van der Waals surface area contributed by atoms with Gasteiger partial charge in [-0.05, 0) is 69.4 Å². The van der Waals surface area contributed by atoms with Gasteiger partial charge in [-0.25, -0.2) is 20.0 Å². The SMILES string of the molecule is Cc1c(C(=O)OC(C)(C)C)ccc2c1CC[C@@H]2NC(=O)C1=CC(C(=O)O)=NC2=CCNN21. The maximum absolute atomic E-state index is 13.1. The van der Waals surface area contributed by atoms with Crippen LogP contribution < -0.4 is 10.7 Å². The fourth-order valence-electron chi connectivity index (χ4n) is 4.15. The lowest BCUT2D eigenvalue weighted by Crippen LogP contribution is -2.42. The van der Waals surface area contributed by atoms with Crippen molar-refractivity contribution in [3.63, 3.8) is 0 Å². The molecule has 9 nitrogen and oxygen atoms in total. The second-order valence-corrected chi connectivity index (χ2v) is 8.96. The van der Waals surface area contributed by atoms with Gasteiger partial charge in [-0.15, -0.1) is 0 Å². The molecule has 2 heterocycles. The number of rotatable bonds is 4. The molecular weight excluding hydrogens is 412 g/mol. The standard InChI is InChI=1S/C23H26N4O5/c1-12-13-7-8-16(15(13)6-5-14(12)22(31)32-23(2,3)4)26-20(28)18-11-17(21(29)30)25-19-9-10-24-27(18)19/h5-6,9,11,16,24H,7-8,10H2,1-4H3,(H,26,28)(H,29,30)/t16-/m0/s1. The summed E-state index contributed by atoms with van der Waals surface area (Å²) in [6, 6.07) is 3.36. The van der Waals surface area contributed by atoms with E-state index >= 15 is 0 Å². The number of esters is 1. The lowest BCUT2D eigenvalue weighted by atomic mass is 9.97. The van der Waals surface area contributed by atoms with Gasteiger partial charge in [0.15, 0.2) is 5.71 Å².